The highest BCUT2D eigenvalue weighted by Crippen LogP contribution is 2.25. The predicted octanol–water partition coefficient (Wildman–Crippen LogP) is 3.30. The van der Waals surface area contributed by atoms with E-state index < -0.39 is 0 Å². The molecule has 172 valence electrons. The van der Waals surface area contributed by atoms with Crippen LogP contribution in [0.25, 0.3) is 5.69 Å². The summed E-state index contributed by atoms with van der Waals surface area (Å²) in [4.78, 5) is 29.1. The molecule has 2 aliphatic rings. The van der Waals surface area contributed by atoms with Gasteiger partial charge in [-0.25, -0.2) is 4.68 Å². The Morgan fingerprint density at radius 3 is 2.31 bits per heavy atom. The molecule has 0 N–H and O–H groups in total. The molecule has 0 radical (unpaired) electrons. The molecule has 1 aliphatic heterocycles. The molecule has 2 aromatic rings. The Bertz CT molecular complexity index is 952. The van der Waals surface area contributed by atoms with Crippen LogP contribution in [-0.2, 0) is 16.0 Å². The molecule has 1 saturated heterocycles. The lowest BCUT2D eigenvalue weighted by Gasteiger charge is -2.38. The van der Waals surface area contributed by atoms with E-state index in [2.05, 4.69) is 10.00 Å². The van der Waals surface area contributed by atoms with E-state index in [1.165, 1.54) is 32.8 Å². The fourth-order valence-corrected chi connectivity index (χ4v) is 5.10. The van der Waals surface area contributed by atoms with Crippen molar-refractivity contribution in [1.82, 2.24) is 19.6 Å². The molecule has 1 aliphatic carbocycles. The van der Waals surface area contributed by atoms with Gasteiger partial charge in [-0.2, -0.15) is 5.10 Å². The van der Waals surface area contributed by atoms with Crippen molar-refractivity contribution in [3.63, 3.8) is 0 Å². The highest BCUT2D eigenvalue weighted by molar-refractivity contribution is 5.94. The Labute approximate surface area is 190 Å². The van der Waals surface area contributed by atoms with Crippen LogP contribution in [0.4, 0.5) is 0 Å². The van der Waals surface area contributed by atoms with Crippen molar-refractivity contribution in [1.29, 1.82) is 0 Å². The van der Waals surface area contributed by atoms with E-state index in [1.807, 2.05) is 47.7 Å². The highest BCUT2D eigenvalue weighted by atomic mass is 16.5. The Morgan fingerprint density at radius 2 is 1.69 bits per heavy atom. The molecule has 2 heterocycles. The third-order valence-electron chi connectivity index (χ3n) is 7.05. The largest absolute Gasteiger partial charge is 0.469 e. The van der Waals surface area contributed by atoms with Crippen molar-refractivity contribution < 1.29 is 14.3 Å². The van der Waals surface area contributed by atoms with Crippen LogP contribution in [0.15, 0.2) is 24.3 Å². The molecule has 7 nitrogen and oxygen atoms in total. The Kier molecular flexibility index (Phi) is 6.94. The van der Waals surface area contributed by atoms with Crippen molar-refractivity contribution >= 4 is 11.9 Å². The van der Waals surface area contributed by atoms with Crippen LogP contribution in [0.5, 0.6) is 0 Å². The summed E-state index contributed by atoms with van der Waals surface area (Å²) in [6.07, 6.45) is 6.26. The fraction of sp³-hybridized carbons (Fsp3) is 0.560. The van der Waals surface area contributed by atoms with Gasteiger partial charge in [-0.05, 0) is 62.9 Å². The number of benzene rings is 1. The van der Waals surface area contributed by atoms with E-state index >= 15 is 0 Å². The molecule has 32 heavy (non-hydrogen) atoms. The molecular formula is C25H34N4O3. The number of aromatic nitrogens is 2. The van der Waals surface area contributed by atoms with Gasteiger partial charge in [0, 0.05) is 49.9 Å². The zero-order valence-electron chi connectivity index (χ0n) is 19.5. The van der Waals surface area contributed by atoms with E-state index in [-0.39, 0.29) is 11.9 Å². The van der Waals surface area contributed by atoms with Crippen molar-refractivity contribution in [3.05, 3.63) is 46.8 Å². The first-order valence-corrected chi connectivity index (χ1v) is 11.7. The Balaban J connectivity index is 1.40. The van der Waals surface area contributed by atoms with Gasteiger partial charge in [0.15, 0.2) is 0 Å². The van der Waals surface area contributed by atoms with Gasteiger partial charge >= 0.3 is 5.97 Å². The van der Waals surface area contributed by atoms with Crippen molar-refractivity contribution in [2.75, 3.05) is 33.3 Å². The van der Waals surface area contributed by atoms with Crippen LogP contribution in [0, 0.1) is 13.8 Å². The summed E-state index contributed by atoms with van der Waals surface area (Å²) >= 11 is 0. The lowest BCUT2D eigenvalue weighted by molar-refractivity contribution is -0.140. The standard InChI is InChI=1S/C25H34N4O3/c1-18-23(12-13-24(30)32-3)19(2)29(26-18)22-10-8-20(9-11-22)25(31)28-16-14-27(15-17-28)21-6-4-5-7-21/h8-11,21H,4-7,12-17H2,1-3H3. The van der Waals surface area contributed by atoms with Crippen molar-refractivity contribution in [2.24, 2.45) is 0 Å². The first-order chi connectivity index (χ1) is 15.5. The second-order valence-corrected chi connectivity index (χ2v) is 8.95. The number of rotatable bonds is 6. The van der Waals surface area contributed by atoms with Crippen LogP contribution >= 0.6 is 0 Å². The molecular weight excluding hydrogens is 404 g/mol. The van der Waals surface area contributed by atoms with Gasteiger partial charge in [-0.3, -0.25) is 14.5 Å². The van der Waals surface area contributed by atoms with E-state index in [1.54, 1.807) is 0 Å². The number of carbonyl (C=O) groups is 2. The molecule has 0 atom stereocenters. The molecule has 1 aromatic heterocycles. The molecule has 2 fully saturated rings. The number of hydrogen-bond donors (Lipinski definition) is 0. The number of ether oxygens (including phenoxy) is 1. The van der Waals surface area contributed by atoms with Crippen molar-refractivity contribution in [2.45, 2.75) is 58.4 Å². The first kappa shape index (κ1) is 22.5. The lowest BCUT2D eigenvalue weighted by Crippen LogP contribution is -2.51. The number of carbonyl (C=O) groups excluding carboxylic acids is 2. The van der Waals surface area contributed by atoms with E-state index in [0.717, 1.165) is 60.4 Å². The minimum absolute atomic E-state index is 0.106. The topological polar surface area (TPSA) is 67.7 Å². The summed E-state index contributed by atoms with van der Waals surface area (Å²) in [5.74, 6) is -0.113. The minimum Gasteiger partial charge on any atom is -0.469 e. The molecule has 1 saturated carbocycles. The van der Waals surface area contributed by atoms with Crippen LogP contribution in [0.2, 0.25) is 0 Å². The summed E-state index contributed by atoms with van der Waals surface area (Å²) < 4.78 is 6.64. The van der Waals surface area contributed by atoms with Gasteiger partial charge in [0.2, 0.25) is 0 Å². The number of amides is 1. The average Bonchev–Trinajstić information content (AvgIpc) is 3.46. The zero-order chi connectivity index (χ0) is 22.7. The van der Waals surface area contributed by atoms with E-state index in [9.17, 15) is 9.59 Å². The van der Waals surface area contributed by atoms with E-state index in [4.69, 9.17) is 4.74 Å². The van der Waals surface area contributed by atoms with Gasteiger partial charge in [0.25, 0.3) is 5.91 Å². The second kappa shape index (κ2) is 9.86. The number of nitrogens with zero attached hydrogens (tertiary/aromatic N) is 4. The average molecular weight is 439 g/mol. The highest BCUT2D eigenvalue weighted by Gasteiger charge is 2.28. The predicted molar refractivity (Wildman–Crippen MR) is 123 cm³/mol. The van der Waals surface area contributed by atoms with Gasteiger partial charge in [-0.1, -0.05) is 12.8 Å². The van der Waals surface area contributed by atoms with Crippen LogP contribution in [-0.4, -0.2) is 70.8 Å². The number of hydrogen-bond acceptors (Lipinski definition) is 5. The number of aryl methyl sites for hydroxylation is 1. The summed E-state index contributed by atoms with van der Waals surface area (Å²) in [6.45, 7) is 7.54. The van der Waals surface area contributed by atoms with Crippen LogP contribution in [0.1, 0.15) is 59.4 Å². The SMILES string of the molecule is COC(=O)CCc1c(C)nn(-c2ccc(C(=O)N3CCN(C4CCCC4)CC3)cc2)c1C. The third-order valence-corrected chi connectivity index (χ3v) is 7.05. The monoisotopic (exact) mass is 438 g/mol. The molecule has 1 amide bonds. The summed E-state index contributed by atoms with van der Waals surface area (Å²) in [7, 11) is 1.41. The second-order valence-electron chi connectivity index (χ2n) is 8.95. The van der Waals surface area contributed by atoms with Gasteiger partial charge < -0.3 is 9.64 Å². The molecule has 1 aromatic carbocycles. The fourth-order valence-electron chi connectivity index (χ4n) is 5.10. The van der Waals surface area contributed by atoms with Gasteiger partial charge in [0.05, 0.1) is 18.5 Å². The Morgan fingerprint density at radius 1 is 1.03 bits per heavy atom. The maximum Gasteiger partial charge on any atom is 0.305 e. The summed E-state index contributed by atoms with van der Waals surface area (Å²) in [5.41, 5.74) is 4.61. The number of esters is 1. The molecule has 0 spiro atoms. The van der Waals surface area contributed by atoms with Gasteiger partial charge in [-0.15, -0.1) is 0 Å². The minimum atomic E-state index is -0.219. The Hall–Kier alpha value is -2.67. The summed E-state index contributed by atoms with van der Waals surface area (Å²) in [5, 5.41) is 4.66. The molecule has 0 bridgehead atoms. The zero-order valence-corrected chi connectivity index (χ0v) is 19.5. The van der Waals surface area contributed by atoms with Crippen molar-refractivity contribution in [3.8, 4) is 5.69 Å². The lowest BCUT2D eigenvalue weighted by atomic mass is 10.1. The van der Waals surface area contributed by atoms with E-state index in [0.29, 0.717) is 12.8 Å². The quantitative estimate of drug-likeness (QED) is 0.648. The van der Waals surface area contributed by atoms with Gasteiger partial charge in [0.1, 0.15) is 0 Å². The van der Waals surface area contributed by atoms with Crippen LogP contribution < -0.4 is 0 Å². The maximum absolute atomic E-state index is 13.0. The number of methoxy groups -OCH3 is 1. The molecule has 7 heteroatoms. The third kappa shape index (κ3) is 4.72. The normalized spacial score (nSPS) is 17.7. The molecule has 0 unspecified atom stereocenters. The smallest absolute Gasteiger partial charge is 0.305 e. The van der Waals surface area contributed by atoms with Crippen LogP contribution in [0.3, 0.4) is 0 Å². The first-order valence-electron chi connectivity index (χ1n) is 11.7. The summed E-state index contributed by atoms with van der Waals surface area (Å²) in [6, 6.07) is 8.42. The maximum atomic E-state index is 13.0. The number of piperazine rings is 1. The molecule has 4 rings (SSSR count).